The van der Waals surface area contributed by atoms with Gasteiger partial charge in [-0.25, -0.2) is 0 Å². The van der Waals surface area contributed by atoms with Gasteiger partial charge in [0.05, 0.1) is 13.2 Å². The predicted octanol–water partition coefficient (Wildman–Crippen LogP) is 3.63. The van der Waals surface area contributed by atoms with Crippen LogP contribution in [0, 0.1) is 6.92 Å². The zero-order valence-electron chi connectivity index (χ0n) is 15.1. The van der Waals surface area contributed by atoms with Crippen LogP contribution in [0.25, 0.3) is 0 Å². The van der Waals surface area contributed by atoms with Crippen LogP contribution in [0.3, 0.4) is 0 Å². The summed E-state index contributed by atoms with van der Waals surface area (Å²) in [5.41, 5.74) is 3.96. The van der Waals surface area contributed by atoms with Gasteiger partial charge in [0.1, 0.15) is 12.4 Å². The summed E-state index contributed by atoms with van der Waals surface area (Å²) >= 11 is 0. The third-order valence-electron chi connectivity index (χ3n) is 3.85. The summed E-state index contributed by atoms with van der Waals surface area (Å²) in [6.45, 7) is 5.31. The minimum atomic E-state index is -0.0743. The maximum atomic E-state index is 12.3. The summed E-state index contributed by atoms with van der Waals surface area (Å²) in [6.07, 6.45) is 0.881. The maximum Gasteiger partial charge on any atom is 0.243 e. The fourth-order valence-corrected chi connectivity index (χ4v) is 2.51. The van der Waals surface area contributed by atoms with Crippen molar-refractivity contribution in [2.24, 2.45) is 0 Å². The number of benzene rings is 2. The van der Waals surface area contributed by atoms with E-state index in [1.807, 2.05) is 49.4 Å². The van der Waals surface area contributed by atoms with E-state index in [9.17, 15) is 4.79 Å². The van der Waals surface area contributed by atoms with Gasteiger partial charge in [0.2, 0.25) is 5.91 Å². The molecule has 0 aliphatic rings. The normalized spacial score (nSPS) is 10.4. The van der Waals surface area contributed by atoms with Crippen molar-refractivity contribution < 1.29 is 14.3 Å². The van der Waals surface area contributed by atoms with Crippen molar-refractivity contribution in [3.8, 4) is 5.75 Å². The van der Waals surface area contributed by atoms with E-state index in [2.05, 4.69) is 17.6 Å². The summed E-state index contributed by atoms with van der Waals surface area (Å²) in [5.74, 6) is 0.671. The SMILES string of the molecule is CCc1cccc(C)c1NC(=O)CNc1cccc(OCCOC)c1. The number of aryl methyl sites for hydroxylation is 2. The second-order valence-corrected chi connectivity index (χ2v) is 5.73. The van der Waals surface area contributed by atoms with E-state index in [0.29, 0.717) is 13.2 Å². The summed E-state index contributed by atoms with van der Waals surface area (Å²) in [7, 11) is 1.64. The maximum absolute atomic E-state index is 12.3. The van der Waals surface area contributed by atoms with Gasteiger partial charge >= 0.3 is 0 Å². The predicted molar refractivity (Wildman–Crippen MR) is 101 cm³/mol. The van der Waals surface area contributed by atoms with Crippen molar-refractivity contribution in [1.29, 1.82) is 0 Å². The van der Waals surface area contributed by atoms with Crippen LogP contribution in [-0.4, -0.2) is 32.8 Å². The molecule has 5 heteroatoms. The first-order chi connectivity index (χ1) is 12.1. The van der Waals surface area contributed by atoms with Gasteiger partial charge in [0, 0.05) is 24.6 Å². The summed E-state index contributed by atoms with van der Waals surface area (Å²) < 4.78 is 10.5. The highest BCUT2D eigenvalue weighted by atomic mass is 16.5. The molecular weight excluding hydrogens is 316 g/mol. The Bertz CT molecular complexity index is 701. The van der Waals surface area contributed by atoms with Crippen molar-refractivity contribution >= 4 is 17.3 Å². The zero-order valence-corrected chi connectivity index (χ0v) is 15.1. The molecule has 0 atom stereocenters. The van der Waals surface area contributed by atoms with Gasteiger partial charge in [0.25, 0.3) is 0 Å². The molecule has 2 rings (SSSR count). The van der Waals surface area contributed by atoms with E-state index in [0.717, 1.165) is 34.7 Å². The molecule has 0 aliphatic carbocycles. The largest absolute Gasteiger partial charge is 0.491 e. The molecular formula is C20H26N2O3. The van der Waals surface area contributed by atoms with E-state index in [4.69, 9.17) is 9.47 Å². The number of anilines is 2. The number of hydrogen-bond donors (Lipinski definition) is 2. The first-order valence-electron chi connectivity index (χ1n) is 8.48. The third-order valence-corrected chi connectivity index (χ3v) is 3.85. The molecule has 0 fully saturated rings. The molecule has 0 radical (unpaired) electrons. The lowest BCUT2D eigenvalue weighted by Crippen LogP contribution is -2.23. The molecule has 1 amide bonds. The topological polar surface area (TPSA) is 59.6 Å². The van der Waals surface area contributed by atoms with Crippen LogP contribution in [0.5, 0.6) is 5.75 Å². The molecule has 2 N–H and O–H groups in total. The minimum absolute atomic E-state index is 0.0743. The molecule has 0 saturated carbocycles. The standard InChI is InChI=1S/C20H26N2O3/c1-4-16-8-5-7-15(2)20(16)22-19(23)14-21-17-9-6-10-18(13-17)25-12-11-24-3/h5-10,13,21H,4,11-12,14H2,1-3H3,(H,22,23). The highest BCUT2D eigenvalue weighted by molar-refractivity contribution is 5.95. The van der Waals surface area contributed by atoms with E-state index in [-0.39, 0.29) is 12.5 Å². The van der Waals surface area contributed by atoms with Gasteiger partial charge in [-0.1, -0.05) is 31.2 Å². The molecule has 0 heterocycles. The van der Waals surface area contributed by atoms with Crippen molar-refractivity contribution in [2.75, 3.05) is 37.5 Å². The smallest absolute Gasteiger partial charge is 0.243 e. The lowest BCUT2D eigenvalue weighted by Gasteiger charge is -2.14. The van der Waals surface area contributed by atoms with Crippen LogP contribution in [-0.2, 0) is 16.0 Å². The van der Waals surface area contributed by atoms with E-state index in [1.165, 1.54) is 0 Å². The molecule has 0 unspecified atom stereocenters. The lowest BCUT2D eigenvalue weighted by molar-refractivity contribution is -0.114. The Kier molecular flexibility index (Phi) is 7.29. The van der Waals surface area contributed by atoms with Crippen LogP contribution in [0.4, 0.5) is 11.4 Å². The van der Waals surface area contributed by atoms with E-state index in [1.54, 1.807) is 7.11 Å². The van der Waals surface area contributed by atoms with Crippen LogP contribution >= 0.6 is 0 Å². The molecule has 0 spiro atoms. The Balaban J connectivity index is 1.91. The van der Waals surface area contributed by atoms with Crippen molar-refractivity contribution in [3.63, 3.8) is 0 Å². The highest BCUT2D eigenvalue weighted by Crippen LogP contribution is 2.21. The molecule has 2 aromatic rings. The Morgan fingerprint density at radius 3 is 2.68 bits per heavy atom. The van der Waals surface area contributed by atoms with Gasteiger partial charge in [0.15, 0.2) is 0 Å². The quantitative estimate of drug-likeness (QED) is 0.683. The van der Waals surface area contributed by atoms with Crippen molar-refractivity contribution in [2.45, 2.75) is 20.3 Å². The number of rotatable bonds is 9. The van der Waals surface area contributed by atoms with E-state index < -0.39 is 0 Å². The van der Waals surface area contributed by atoms with Crippen LogP contribution in [0.2, 0.25) is 0 Å². The third kappa shape index (κ3) is 5.80. The van der Waals surface area contributed by atoms with Gasteiger partial charge in [-0.05, 0) is 36.6 Å². The molecule has 0 aliphatic heterocycles. The summed E-state index contributed by atoms with van der Waals surface area (Å²) in [4.78, 5) is 12.3. The number of ether oxygens (including phenoxy) is 2. The number of methoxy groups -OCH3 is 1. The van der Waals surface area contributed by atoms with Crippen molar-refractivity contribution in [1.82, 2.24) is 0 Å². The van der Waals surface area contributed by atoms with Crippen molar-refractivity contribution in [3.05, 3.63) is 53.6 Å². The Morgan fingerprint density at radius 2 is 1.92 bits per heavy atom. The molecule has 134 valence electrons. The zero-order chi connectivity index (χ0) is 18.1. The highest BCUT2D eigenvalue weighted by Gasteiger charge is 2.08. The second-order valence-electron chi connectivity index (χ2n) is 5.73. The molecule has 0 bridgehead atoms. The van der Waals surface area contributed by atoms with Gasteiger partial charge in [-0.15, -0.1) is 0 Å². The van der Waals surface area contributed by atoms with Gasteiger partial charge in [-0.3, -0.25) is 4.79 Å². The average molecular weight is 342 g/mol. The number of amides is 1. The van der Waals surface area contributed by atoms with Crippen LogP contribution in [0.15, 0.2) is 42.5 Å². The molecule has 2 aromatic carbocycles. The molecule has 25 heavy (non-hydrogen) atoms. The molecule has 0 saturated heterocycles. The Labute approximate surface area is 149 Å². The van der Waals surface area contributed by atoms with E-state index >= 15 is 0 Å². The second kappa shape index (κ2) is 9.69. The summed E-state index contributed by atoms with van der Waals surface area (Å²) in [5, 5.41) is 6.14. The first kappa shape index (κ1) is 18.8. The van der Waals surface area contributed by atoms with Gasteiger partial charge < -0.3 is 20.1 Å². The summed E-state index contributed by atoms with van der Waals surface area (Å²) in [6, 6.07) is 13.6. The number of nitrogens with one attached hydrogen (secondary N) is 2. The minimum Gasteiger partial charge on any atom is -0.491 e. The molecule has 0 aromatic heterocycles. The number of hydrogen-bond acceptors (Lipinski definition) is 4. The fourth-order valence-electron chi connectivity index (χ4n) is 2.51. The molecule has 5 nitrogen and oxygen atoms in total. The Morgan fingerprint density at radius 1 is 1.12 bits per heavy atom. The lowest BCUT2D eigenvalue weighted by atomic mass is 10.1. The Hall–Kier alpha value is -2.53. The number of para-hydroxylation sites is 1. The first-order valence-corrected chi connectivity index (χ1v) is 8.48. The fraction of sp³-hybridized carbons (Fsp3) is 0.350. The van der Waals surface area contributed by atoms with Crippen LogP contribution < -0.4 is 15.4 Å². The number of carbonyl (C=O) groups is 1. The average Bonchev–Trinajstić information content (AvgIpc) is 2.62. The van der Waals surface area contributed by atoms with Gasteiger partial charge in [-0.2, -0.15) is 0 Å². The number of carbonyl (C=O) groups excluding carboxylic acids is 1. The monoisotopic (exact) mass is 342 g/mol. The van der Waals surface area contributed by atoms with Crippen LogP contribution in [0.1, 0.15) is 18.1 Å².